The summed E-state index contributed by atoms with van der Waals surface area (Å²) in [6, 6.07) is 0.109. The summed E-state index contributed by atoms with van der Waals surface area (Å²) in [5, 5.41) is 2.95. The third kappa shape index (κ3) is 3.42. The maximum Gasteiger partial charge on any atom is 0.237 e. The highest BCUT2D eigenvalue weighted by molar-refractivity contribution is 14.1. The van der Waals surface area contributed by atoms with Crippen LogP contribution in [0.4, 0.5) is 0 Å². The van der Waals surface area contributed by atoms with E-state index in [1.54, 1.807) is 0 Å². The molecule has 1 aliphatic rings. The number of nitrogens with one attached hydrogen (secondary N) is 1. The molecular weight excluding hydrogens is 279 g/mol. The first kappa shape index (κ1) is 11.2. The van der Waals surface area contributed by atoms with Crippen LogP contribution in [0.1, 0.15) is 19.3 Å². The van der Waals surface area contributed by atoms with Gasteiger partial charge in [0, 0.05) is 17.5 Å². The molecule has 0 saturated carbocycles. The average molecular weight is 296 g/mol. The van der Waals surface area contributed by atoms with Crippen LogP contribution in [0.15, 0.2) is 0 Å². The van der Waals surface area contributed by atoms with Crippen molar-refractivity contribution < 1.29 is 4.79 Å². The Morgan fingerprint density at radius 1 is 1.62 bits per heavy atom. The zero-order valence-corrected chi connectivity index (χ0v) is 10.2. The summed E-state index contributed by atoms with van der Waals surface area (Å²) in [5.74, 6) is 0.213. The Hall–Kier alpha value is 0.160. The normalized spacial score (nSPS) is 24.2. The van der Waals surface area contributed by atoms with Gasteiger partial charge in [-0.3, -0.25) is 9.69 Å². The number of amides is 1. The van der Waals surface area contributed by atoms with Crippen molar-refractivity contribution in [3.8, 4) is 0 Å². The Labute approximate surface area is 93.4 Å². The molecule has 4 heteroatoms. The molecule has 1 rings (SSSR count). The second-order valence-electron chi connectivity index (χ2n) is 3.47. The van der Waals surface area contributed by atoms with E-state index >= 15 is 0 Å². The molecule has 0 aromatic carbocycles. The average Bonchev–Trinajstić information content (AvgIpc) is 2.30. The number of halogens is 1. The molecule has 0 aliphatic carbocycles. The Morgan fingerprint density at radius 3 is 3.08 bits per heavy atom. The largest absolute Gasteiger partial charge is 0.355 e. The molecule has 1 fully saturated rings. The number of alkyl halides is 1. The standard InChI is InChI=1S/C9H17IN2O/c1-12(7-5-10)8-4-2-3-6-11-9(8)13/h8H,2-7H2,1H3,(H,11,13). The number of hydrogen-bond acceptors (Lipinski definition) is 2. The van der Waals surface area contributed by atoms with Gasteiger partial charge in [-0.1, -0.05) is 22.6 Å². The highest BCUT2D eigenvalue weighted by Crippen LogP contribution is 2.10. The number of hydrogen-bond donors (Lipinski definition) is 1. The topological polar surface area (TPSA) is 32.3 Å². The zero-order chi connectivity index (χ0) is 9.68. The lowest BCUT2D eigenvalue weighted by molar-refractivity contribution is -0.125. The van der Waals surface area contributed by atoms with Crippen molar-refractivity contribution in [2.75, 3.05) is 24.6 Å². The van der Waals surface area contributed by atoms with Gasteiger partial charge in [-0.15, -0.1) is 0 Å². The van der Waals surface area contributed by atoms with Crippen molar-refractivity contribution in [3.63, 3.8) is 0 Å². The summed E-state index contributed by atoms with van der Waals surface area (Å²) in [5.41, 5.74) is 0. The molecule has 0 spiro atoms. The maximum atomic E-state index is 11.6. The Morgan fingerprint density at radius 2 is 2.38 bits per heavy atom. The molecule has 76 valence electrons. The first-order valence-corrected chi connectivity index (χ1v) is 6.32. The first-order chi connectivity index (χ1) is 6.25. The van der Waals surface area contributed by atoms with Crippen LogP contribution in [0.2, 0.25) is 0 Å². The molecule has 1 heterocycles. The van der Waals surface area contributed by atoms with Gasteiger partial charge in [0.15, 0.2) is 0 Å². The Balaban J connectivity index is 2.48. The van der Waals surface area contributed by atoms with Gasteiger partial charge >= 0.3 is 0 Å². The van der Waals surface area contributed by atoms with Crippen LogP contribution < -0.4 is 5.32 Å². The highest BCUT2D eigenvalue weighted by Gasteiger charge is 2.23. The molecule has 1 unspecified atom stereocenters. The number of carbonyl (C=O) groups is 1. The van der Waals surface area contributed by atoms with Gasteiger partial charge in [-0.25, -0.2) is 0 Å². The third-order valence-electron chi connectivity index (χ3n) is 2.48. The fraction of sp³-hybridized carbons (Fsp3) is 0.889. The fourth-order valence-electron chi connectivity index (χ4n) is 1.63. The van der Waals surface area contributed by atoms with Gasteiger partial charge in [0.05, 0.1) is 6.04 Å². The van der Waals surface area contributed by atoms with Gasteiger partial charge in [0.2, 0.25) is 5.91 Å². The molecule has 3 nitrogen and oxygen atoms in total. The van der Waals surface area contributed by atoms with Crippen molar-refractivity contribution >= 4 is 28.5 Å². The Kier molecular flexibility index (Phi) is 5.01. The predicted octanol–water partition coefficient (Wildman–Crippen LogP) is 1.02. The van der Waals surface area contributed by atoms with Crippen LogP contribution in [-0.2, 0) is 4.79 Å². The maximum absolute atomic E-state index is 11.6. The number of rotatable bonds is 3. The van der Waals surface area contributed by atoms with E-state index in [1.165, 1.54) is 0 Å². The zero-order valence-electron chi connectivity index (χ0n) is 8.05. The summed E-state index contributed by atoms with van der Waals surface area (Å²) in [6.07, 6.45) is 3.30. The number of carbonyl (C=O) groups excluding carboxylic acids is 1. The van der Waals surface area contributed by atoms with E-state index < -0.39 is 0 Å². The van der Waals surface area contributed by atoms with Gasteiger partial charge in [-0.05, 0) is 26.3 Å². The van der Waals surface area contributed by atoms with Crippen molar-refractivity contribution in [1.29, 1.82) is 0 Å². The Bertz CT molecular complexity index is 175. The van der Waals surface area contributed by atoms with Crippen LogP contribution in [-0.4, -0.2) is 41.4 Å². The molecule has 1 atom stereocenters. The SMILES string of the molecule is CN(CCI)C1CCCCNC1=O. The molecule has 0 aromatic heterocycles. The molecule has 0 radical (unpaired) electrons. The highest BCUT2D eigenvalue weighted by atomic mass is 127. The van der Waals surface area contributed by atoms with E-state index in [4.69, 9.17) is 0 Å². The number of nitrogens with zero attached hydrogens (tertiary/aromatic N) is 1. The quantitative estimate of drug-likeness (QED) is 0.623. The van der Waals surface area contributed by atoms with E-state index in [0.29, 0.717) is 0 Å². The van der Waals surface area contributed by atoms with E-state index in [0.717, 1.165) is 36.8 Å². The molecule has 1 N–H and O–H groups in total. The minimum absolute atomic E-state index is 0.109. The van der Waals surface area contributed by atoms with E-state index in [2.05, 4.69) is 32.8 Å². The van der Waals surface area contributed by atoms with Gasteiger partial charge in [0.1, 0.15) is 0 Å². The monoisotopic (exact) mass is 296 g/mol. The van der Waals surface area contributed by atoms with Crippen LogP contribution in [0.5, 0.6) is 0 Å². The summed E-state index contributed by atoms with van der Waals surface area (Å²) in [4.78, 5) is 13.7. The van der Waals surface area contributed by atoms with E-state index in [-0.39, 0.29) is 11.9 Å². The van der Waals surface area contributed by atoms with Gasteiger partial charge in [0.25, 0.3) is 0 Å². The molecule has 1 amide bonds. The lowest BCUT2D eigenvalue weighted by Gasteiger charge is -2.24. The summed E-state index contributed by atoms with van der Waals surface area (Å²) >= 11 is 2.34. The van der Waals surface area contributed by atoms with Crippen LogP contribution >= 0.6 is 22.6 Å². The molecule has 0 aromatic rings. The third-order valence-corrected chi connectivity index (χ3v) is 2.96. The molecule has 1 saturated heterocycles. The van der Waals surface area contributed by atoms with E-state index in [9.17, 15) is 4.79 Å². The smallest absolute Gasteiger partial charge is 0.237 e. The van der Waals surface area contributed by atoms with Crippen LogP contribution in [0, 0.1) is 0 Å². The van der Waals surface area contributed by atoms with E-state index in [1.807, 2.05) is 7.05 Å². The first-order valence-electron chi connectivity index (χ1n) is 4.79. The lowest BCUT2D eigenvalue weighted by atomic mass is 10.1. The summed E-state index contributed by atoms with van der Waals surface area (Å²) < 4.78 is 1.08. The minimum Gasteiger partial charge on any atom is -0.355 e. The molecular formula is C9H17IN2O. The molecule has 1 aliphatic heterocycles. The fourth-order valence-corrected chi connectivity index (χ4v) is 2.39. The van der Waals surface area contributed by atoms with Gasteiger partial charge < -0.3 is 5.32 Å². The van der Waals surface area contributed by atoms with Crippen molar-refractivity contribution in [1.82, 2.24) is 10.2 Å². The number of likely N-dealkylation sites (N-methyl/N-ethyl adjacent to an activating group) is 1. The van der Waals surface area contributed by atoms with Crippen LogP contribution in [0.3, 0.4) is 0 Å². The minimum atomic E-state index is 0.109. The predicted molar refractivity (Wildman–Crippen MR) is 62.2 cm³/mol. The van der Waals surface area contributed by atoms with Crippen molar-refractivity contribution in [2.45, 2.75) is 25.3 Å². The van der Waals surface area contributed by atoms with Crippen LogP contribution in [0.25, 0.3) is 0 Å². The summed E-state index contributed by atoms with van der Waals surface area (Å²) in [6.45, 7) is 1.85. The molecule has 13 heavy (non-hydrogen) atoms. The second-order valence-corrected chi connectivity index (χ2v) is 4.55. The van der Waals surface area contributed by atoms with Crippen molar-refractivity contribution in [3.05, 3.63) is 0 Å². The van der Waals surface area contributed by atoms with Gasteiger partial charge in [-0.2, -0.15) is 0 Å². The lowest BCUT2D eigenvalue weighted by Crippen LogP contribution is -2.44. The summed E-state index contributed by atoms with van der Waals surface area (Å²) in [7, 11) is 2.04. The van der Waals surface area contributed by atoms with Crippen molar-refractivity contribution in [2.24, 2.45) is 0 Å². The molecule has 0 bridgehead atoms. The second kappa shape index (κ2) is 5.80.